The van der Waals surface area contributed by atoms with Crippen molar-refractivity contribution in [1.29, 1.82) is 0 Å². The fourth-order valence-corrected chi connectivity index (χ4v) is 6.02. The van der Waals surface area contributed by atoms with Gasteiger partial charge in [-0.15, -0.1) is 0 Å². The molecule has 5 rings (SSSR count). The lowest BCUT2D eigenvalue weighted by molar-refractivity contribution is -0.115. The number of nitrogens with two attached hydrogens (primary N) is 1. The Labute approximate surface area is 226 Å². The summed E-state index contributed by atoms with van der Waals surface area (Å²) in [6, 6.07) is 9.37. The van der Waals surface area contributed by atoms with Gasteiger partial charge < -0.3 is 24.8 Å². The number of benzene rings is 2. The molecular formula is C28H31FN4O4S. The van der Waals surface area contributed by atoms with Crippen molar-refractivity contribution in [2.24, 2.45) is 23.5 Å². The summed E-state index contributed by atoms with van der Waals surface area (Å²) in [4.78, 5) is 19.8. The quantitative estimate of drug-likeness (QED) is 0.432. The van der Waals surface area contributed by atoms with Crippen LogP contribution in [-0.2, 0) is 4.79 Å². The lowest BCUT2D eigenvalue weighted by Gasteiger charge is -2.20. The van der Waals surface area contributed by atoms with Crippen LogP contribution in [0.2, 0.25) is 0 Å². The van der Waals surface area contributed by atoms with E-state index in [4.69, 9.17) is 32.2 Å². The van der Waals surface area contributed by atoms with Crippen LogP contribution in [0.15, 0.2) is 42.6 Å². The molecule has 3 aromatic rings. The van der Waals surface area contributed by atoms with Gasteiger partial charge in [-0.2, -0.15) is 0 Å². The monoisotopic (exact) mass is 538 g/mol. The van der Waals surface area contributed by atoms with Gasteiger partial charge >= 0.3 is 0 Å². The van der Waals surface area contributed by atoms with Gasteiger partial charge in [-0.3, -0.25) is 14.7 Å². The summed E-state index contributed by atoms with van der Waals surface area (Å²) in [6.07, 6.45) is 3.97. The van der Waals surface area contributed by atoms with Crippen LogP contribution in [-0.4, -0.2) is 54.8 Å². The van der Waals surface area contributed by atoms with Crippen LogP contribution in [0.3, 0.4) is 0 Å². The Morgan fingerprint density at radius 1 is 1.13 bits per heavy atom. The second-order valence-corrected chi connectivity index (χ2v) is 10.5. The largest absolute Gasteiger partial charge is 0.493 e. The third kappa shape index (κ3) is 5.23. The van der Waals surface area contributed by atoms with Crippen molar-refractivity contribution in [2.75, 3.05) is 38.8 Å². The van der Waals surface area contributed by atoms with E-state index in [9.17, 15) is 9.18 Å². The molecule has 1 aliphatic carbocycles. The number of halogens is 1. The summed E-state index contributed by atoms with van der Waals surface area (Å²) < 4.78 is 32.8. The minimum Gasteiger partial charge on any atom is -0.493 e. The minimum absolute atomic E-state index is 0.0237. The molecule has 0 spiro atoms. The number of methoxy groups -OCH3 is 1. The van der Waals surface area contributed by atoms with E-state index in [1.54, 1.807) is 25.4 Å². The number of amides is 1. The second-order valence-electron chi connectivity index (χ2n) is 10.1. The smallest absolute Gasteiger partial charge is 0.230 e. The molecule has 2 heterocycles. The molecule has 1 amide bonds. The van der Waals surface area contributed by atoms with Gasteiger partial charge in [0.15, 0.2) is 28.2 Å². The van der Waals surface area contributed by atoms with Crippen molar-refractivity contribution >= 4 is 39.8 Å². The zero-order valence-electron chi connectivity index (χ0n) is 21.6. The van der Waals surface area contributed by atoms with E-state index < -0.39 is 11.7 Å². The standard InChI is InChI=1S/C28H31FN4O4S/c1-16(34)33(28(30)38)20-4-5-25(22(29)10-20)37-24-6-7-31-23-12-27(26(35-3)11-21(23)24)36-15-17-8-18-13-32(2)14-19(18)9-17/h4-7,10-12,17-19H,8-9,13-15H2,1-3H3,(H2,30,38). The van der Waals surface area contributed by atoms with Crippen molar-refractivity contribution in [2.45, 2.75) is 19.8 Å². The average Bonchev–Trinajstić information content (AvgIpc) is 3.40. The Kier molecular flexibility index (Phi) is 7.36. The van der Waals surface area contributed by atoms with Gasteiger partial charge in [0.25, 0.3) is 0 Å². The Morgan fingerprint density at radius 3 is 2.50 bits per heavy atom. The molecule has 38 heavy (non-hydrogen) atoms. The molecule has 2 aliphatic rings. The van der Waals surface area contributed by atoms with E-state index in [2.05, 4.69) is 16.9 Å². The van der Waals surface area contributed by atoms with Crippen molar-refractivity contribution in [3.8, 4) is 23.0 Å². The molecule has 10 heteroatoms. The van der Waals surface area contributed by atoms with Crippen LogP contribution < -0.4 is 24.8 Å². The fourth-order valence-electron chi connectivity index (χ4n) is 5.79. The normalized spacial score (nSPS) is 20.8. The molecule has 1 saturated heterocycles. The van der Waals surface area contributed by atoms with Crippen molar-refractivity contribution in [3.05, 3.63) is 48.4 Å². The van der Waals surface area contributed by atoms with E-state index in [0.717, 1.165) is 22.8 Å². The fraction of sp³-hybridized carbons (Fsp3) is 0.393. The number of rotatable bonds is 7. The first-order valence-corrected chi connectivity index (χ1v) is 13.0. The molecule has 1 aliphatic heterocycles. The number of likely N-dealkylation sites (tertiary alicyclic amines) is 1. The van der Waals surface area contributed by atoms with Crippen LogP contribution >= 0.6 is 12.2 Å². The molecule has 0 bridgehead atoms. The number of carbonyl (C=O) groups is 1. The highest BCUT2D eigenvalue weighted by Crippen LogP contribution is 2.42. The van der Waals surface area contributed by atoms with Gasteiger partial charge in [0.2, 0.25) is 5.91 Å². The van der Waals surface area contributed by atoms with E-state index in [1.807, 2.05) is 6.07 Å². The first-order valence-electron chi connectivity index (χ1n) is 12.6. The number of pyridine rings is 1. The molecule has 1 saturated carbocycles. The SMILES string of the molecule is COc1cc2c(Oc3ccc(N(C(C)=O)C(N)=S)cc3F)ccnc2cc1OCC1CC2CN(C)CC2C1. The number of ether oxygens (including phenoxy) is 3. The maximum absolute atomic E-state index is 15.0. The van der Waals surface area contributed by atoms with Gasteiger partial charge in [0.05, 0.1) is 24.9 Å². The predicted molar refractivity (Wildman–Crippen MR) is 147 cm³/mol. The third-order valence-corrected chi connectivity index (χ3v) is 7.60. The first kappa shape index (κ1) is 26.1. The van der Waals surface area contributed by atoms with Crippen LogP contribution in [0.5, 0.6) is 23.0 Å². The zero-order valence-corrected chi connectivity index (χ0v) is 22.5. The topological polar surface area (TPSA) is 90.2 Å². The van der Waals surface area contributed by atoms with Crippen molar-refractivity contribution < 1.29 is 23.4 Å². The molecular weight excluding hydrogens is 507 g/mol. The summed E-state index contributed by atoms with van der Waals surface area (Å²) in [6.45, 7) is 4.28. The van der Waals surface area contributed by atoms with Crippen LogP contribution in [0.25, 0.3) is 10.9 Å². The second kappa shape index (κ2) is 10.7. The molecule has 200 valence electrons. The number of fused-ring (bicyclic) bond motifs is 2. The predicted octanol–water partition coefficient (Wildman–Crippen LogP) is 4.74. The van der Waals surface area contributed by atoms with E-state index in [0.29, 0.717) is 40.7 Å². The van der Waals surface area contributed by atoms with Gasteiger partial charge in [-0.25, -0.2) is 4.39 Å². The van der Waals surface area contributed by atoms with Gasteiger partial charge in [0.1, 0.15) is 5.75 Å². The molecule has 2 unspecified atom stereocenters. The van der Waals surface area contributed by atoms with Crippen LogP contribution in [0.1, 0.15) is 19.8 Å². The highest BCUT2D eigenvalue weighted by atomic mass is 32.1. The summed E-state index contributed by atoms with van der Waals surface area (Å²) >= 11 is 4.91. The number of nitrogens with zero attached hydrogens (tertiary/aromatic N) is 3. The van der Waals surface area contributed by atoms with Gasteiger partial charge in [-0.05, 0) is 74.1 Å². The number of thiocarbonyl (C=S) groups is 1. The van der Waals surface area contributed by atoms with E-state index >= 15 is 0 Å². The summed E-state index contributed by atoms with van der Waals surface area (Å²) in [5.41, 5.74) is 6.47. The molecule has 8 nitrogen and oxygen atoms in total. The Hall–Kier alpha value is -3.50. The molecule has 1 aromatic heterocycles. The molecule has 2 fully saturated rings. The Bertz CT molecular complexity index is 1360. The van der Waals surface area contributed by atoms with Gasteiger partial charge in [-0.1, -0.05) is 0 Å². The maximum atomic E-state index is 15.0. The number of hydrogen-bond acceptors (Lipinski definition) is 7. The van der Waals surface area contributed by atoms with Crippen LogP contribution in [0, 0.1) is 23.6 Å². The number of aromatic nitrogens is 1. The van der Waals surface area contributed by atoms with Gasteiger partial charge in [0, 0.05) is 43.7 Å². The summed E-state index contributed by atoms with van der Waals surface area (Å²) in [5, 5.41) is 0.478. The Morgan fingerprint density at radius 2 is 1.87 bits per heavy atom. The summed E-state index contributed by atoms with van der Waals surface area (Å²) in [5.74, 6) is 2.52. The highest BCUT2D eigenvalue weighted by Gasteiger charge is 2.39. The minimum atomic E-state index is -0.672. The summed E-state index contributed by atoms with van der Waals surface area (Å²) in [7, 11) is 3.78. The van der Waals surface area contributed by atoms with E-state index in [-0.39, 0.29) is 16.5 Å². The molecule has 0 radical (unpaired) electrons. The molecule has 2 atom stereocenters. The molecule has 2 aromatic carbocycles. The van der Waals surface area contributed by atoms with E-state index in [1.165, 1.54) is 45.0 Å². The number of anilines is 1. The van der Waals surface area contributed by atoms with Crippen LogP contribution in [0.4, 0.5) is 10.1 Å². The lowest BCUT2D eigenvalue weighted by Crippen LogP contribution is -2.39. The van der Waals surface area contributed by atoms with Crippen molar-refractivity contribution in [1.82, 2.24) is 9.88 Å². The average molecular weight is 539 g/mol. The highest BCUT2D eigenvalue weighted by molar-refractivity contribution is 7.80. The van der Waals surface area contributed by atoms with Crippen molar-refractivity contribution in [3.63, 3.8) is 0 Å². The Balaban J connectivity index is 1.35. The number of carbonyl (C=O) groups excluding carboxylic acids is 1. The third-order valence-electron chi connectivity index (χ3n) is 7.42. The lowest BCUT2D eigenvalue weighted by atomic mass is 10.0. The first-order chi connectivity index (χ1) is 18.2. The number of hydrogen-bond donors (Lipinski definition) is 1. The molecule has 2 N–H and O–H groups in total. The maximum Gasteiger partial charge on any atom is 0.230 e. The zero-order chi connectivity index (χ0) is 27.0.